The van der Waals surface area contributed by atoms with Crippen LogP contribution in [0.3, 0.4) is 0 Å². The predicted octanol–water partition coefficient (Wildman–Crippen LogP) is 0.0645. The average Bonchev–Trinajstić information content (AvgIpc) is 2.34. The van der Waals surface area contributed by atoms with Crippen molar-refractivity contribution >= 4 is 24.7 Å². The molecule has 50 valence electrons. The van der Waals surface area contributed by atoms with Crippen molar-refractivity contribution in [1.82, 2.24) is 0 Å². The minimum absolute atomic E-state index is 0.450. The van der Waals surface area contributed by atoms with Crippen molar-refractivity contribution in [2.24, 2.45) is 0 Å². The molecule has 2 heterocycles. The second kappa shape index (κ2) is 2.11. The monoisotopic (exact) mass is 199 g/mol. The van der Waals surface area contributed by atoms with Crippen LogP contribution in [0.15, 0.2) is 29.3 Å². The summed E-state index contributed by atoms with van der Waals surface area (Å²) in [5.41, 5.74) is 5.69. The van der Waals surface area contributed by atoms with Gasteiger partial charge in [0.25, 0.3) is 0 Å². The molecule has 0 fully saturated rings. The van der Waals surface area contributed by atoms with E-state index in [9.17, 15) is 0 Å². The van der Waals surface area contributed by atoms with Gasteiger partial charge in [0.15, 0.2) is 0 Å². The van der Waals surface area contributed by atoms with Crippen LogP contribution in [0.25, 0.3) is 4.39 Å². The molecule has 3 heteroatoms. The van der Waals surface area contributed by atoms with Gasteiger partial charge in [-0.05, 0) is 0 Å². The van der Waals surface area contributed by atoms with Crippen molar-refractivity contribution in [2.45, 2.75) is 0 Å². The van der Waals surface area contributed by atoms with Crippen LogP contribution in [0.1, 0.15) is 0 Å². The fourth-order valence-electron chi connectivity index (χ4n) is 0.914. The van der Waals surface area contributed by atoms with Gasteiger partial charge in [0.05, 0.1) is 0 Å². The summed E-state index contributed by atoms with van der Waals surface area (Å²) >= 11 is 0.450. The molecule has 0 aliphatic carbocycles. The van der Waals surface area contributed by atoms with E-state index in [0.717, 1.165) is 5.82 Å². The second-order valence-corrected chi connectivity index (χ2v) is 3.94. The molecule has 2 rings (SSSR count). The van der Waals surface area contributed by atoms with Crippen molar-refractivity contribution in [3.63, 3.8) is 0 Å². The van der Waals surface area contributed by atoms with Gasteiger partial charge in [-0.15, -0.1) is 0 Å². The molecular formula is C7H7N2Se+. The number of pyridine rings is 1. The van der Waals surface area contributed by atoms with E-state index in [1.54, 1.807) is 0 Å². The standard InChI is InChI=1S/C7H7N2Se/c8-6-5-10-7-3-1-2-4-9(6)7/h1-5H,8H2/q+1. The third-order valence-electron chi connectivity index (χ3n) is 1.40. The molecule has 0 aliphatic rings. The normalized spacial score (nSPS) is 10.4. The number of hydrogen-bond donors (Lipinski definition) is 1. The molecule has 0 spiro atoms. The number of hydrogen-bond acceptors (Lipinski definition) is 1. The topological polar surface area (TPSA) is 30.1 Å². The average molecular weight is 198 g/mol. The second-order valence-electron chi connectivity index (χ2n) is 2.07. The van der Waals surface area contributed by atoms with Crippen LogP contribution in [0.2, 0.25) is 0 Å². The summed E-state index contributed by atoms with van der Waals surface area (Å²) in [4.78, 5) is 2.09. The molecule has 0 aliphatic heterocycles. The summed E-state index contributed by atoms with van der Waals surface area (Å²) in [6, 6.07) is 6.14. The van der Waals surface area contributed by atoms with Crippen LogP contribution in [-0.4, -0.2) is 14.5 Å². The van der Waals surface area contributed by atoms with E-state index in [1.165, 1.54) is 4.39 Å². The van der Waals surface area contributed by atoms with Gasteiger partial charge in [-0.2, -0.15) is 0 Å². The zero-order valence-corrected chi connectivity index (χ0v) is 7.03. The van der Waals surface area contributed by atoms with Crippen LogP contribution in [0.4, 0.5) is 5.82 Å². The predicted molar refractivity (Wildman–Crippen MR) is 41.0 cm³/mol. The third kappa shape index (κ3) is 0.753. The van der Waals surface area contributed by atoms with E-state index in [4.69, 9.17) is 5.73 Å². The van der Waals surface area contributed by atoms with Crippen molar-refractivity contribution in [3.05, 3.63) is 29.3 Å². The van der Waals surface area contributed by atoms with Crippen molar-refractivity contribution in [1.29, 1.82) is 0 Å². The van der Waals surface area contributed by atoms with E-state index in [0.29, 0.717) is 14.5 Å². The van der Waals surface area contributed by atoms with Crippen molar-refractivity contribution < 1.29 is 4.40 Å². The zero-order chi connectivity index (χ0) is 6.97. The zero-order valence-electron chi connectivity index (χ0n) is 5.32. The molecule has 10 heavy (non-hydrogen) atoms. The molecule has 0 saturated carbocycles. The minimum atomic E-state index is 0.450. The first-order chi connectivity index (χ1) is 4.88. The molecule has 0 amide bonds. The Morgan fingerprint density at radius 2 is 2.30 bits per heavy atom. The van der Waals surface area contributed by atoms with Crippen LogP contribution >= 0.6 is 0 Å². The Morgan fingerprint density at radius 3 is 3.10 bits per heavy atom. The van der Waals surface area contributed by atoms with E-state index in [-0.39, 0.29) is 0 Å². The number of nitrogen functional groups attached to an aromatic ring is 1. The maximum atomic E-state index is 5.69. The van der Waals surface area contributed by atoms with E-state index in [1.807, 2.05) is 22.7 Å². The number of nitrogens with zero attached hydrogens (tertiary/aromatic N) is 1. The molecule has 0 unspecified atom stereocenters. The molecule has 2 nitrogen and oxygen atoms in total. The first kappa shape index (κ1) is 5.95. The van der Waals surface area contributed by atoms with Gasteiger partial charge >= 0.3 is 64.2 Å². The fourth-order valence-corrected chi connectivity index (χ4v) is 2.58. The molecule has 0 bridgehead atoms. The number of fused-ring (bicyclic) bond motifs is 1. The molecule has 0 radical (unpaired) electrons. The van der Waals surface area contributed by atoms with Gasteiger partial charge in [0.1, 0.15) is 0 Å². The number of anilines is 1. The van der Waals surface area contributed by atoms with E-state index >= 15 is 0 Å². The first-order valence-electron chi connectivity index (χ1n) is 3.01. The number of rotatable bonds is 0. The van der Waals surface area contributed by atoms with Gasteiger partial charge in [-0.25, -0.2) is 0 Å². The van der Waals surface area contributed by atoms with Gasteiger partial charge < -0.3 is 0 Å². The Hall–Kier alpha value is -0.791. The van der Waals surface area contributed by atoms with Gasteiger partial charge in [0.2, 0.25) is 0 Å². The summed E-state index contributed by atoms with van der Waals surface area (Å²) in [6.07, 6.45) is 2.00. The van der Waals surface area contributed by atoms with E-state index < -0.39 is 0 Å². The Balaban J connectivity index is 2.93. The molecule has 0 atom stereocenters. The Labute approximate surface area is 64.7 Å². The van der Waals surface area contributed by atoms with Gasteiger partial charge in [-0.3, -0.25) is 0 Å². The Bertz CT molecular complexity index is 353. The molecule has 2 N–H and O–H groups in total. The molecule has 0 saturated heterocycles. The summed E-state index contributed by atoms with van der Waals surface area (Å²) in [6.45, 7) is 0. The molecule has 0 aromatic carbocycles. The molecular weight excluding hydrogens is 191 g/mol. The van der Waals surface area contributed by atoms with Crippen LogP contribution < -0.4 is 10.1 Å². The Kier molecular flexibility index (Phi) is 1.26. The Morgan fingerprint density at radius 1 is 1.40 bits per heavy atom. The van der Waals surface area contributed by atoms with E-state index in [2.05, 4.69) is 11.0 Å². The summed E-state index contributed by atoms with van der Waals surface area (Å²) in [7, 11) is 0. The quantitative estimate of drug-likeness (QED) is 0.471. The number of aromatic nitrogens is 1. The molecule has 2 aromatic rings. The van der Waals surface area contributed by atoms with Crippen LogP contribution in [-0.2, 0) is 0 Å². The molecule has 2 aromatic heterocycles. The number of nitrogens with two attached hydrogens (primary N) is 1. The fraction of sp³-hybridized carbons (Fsp3) is 0. The van der Waals surface area contributed by atoms with Crippen molar-refractivity contribution in [3.8, 4) is 0 Å². The van der Waals surface area contributed by atoms with Gasteiger partial charge in [0, 0.05) is 0 Å². The third-order valence-corrected chi connectivity index (χ3v) is 3.36. The summed E-state index contributed by atoms with van der Waals surface area (Å²) in [5, 5.41) is 0. The summed E-state index contributed by atoms with van der Waals surface area (Å²) < 4.78 is 3.35. The van der Waals surface area contributed by atoms with Gasteiger partial charge in [-0.1, -0.05) is 0 Å². The van der Waals surface area contributed by atoms with Crippen LogP contribution in [0.5, 0.6) is 0 Å². The SMILES string of the molecule is Nc1c[se]c2cccc[n+]12. The van der Waals surface area contributed by atoms with Crippen molar-refractivity contribution in [2.75, 3.05) is 5.73 Å². The first-order valence-corrected chi connectivity index (χ1v) is 4.86. The van der Waals surface area contributed by atoms with Crippen LogP contribution in [0, 0.1) is 0 Å². The maximum absolute atomic E-state index is 5.69. The summed E-state index contributed by atoms with van der Waals surface area (Å²) in [5.74, 6) is 0.871.